The van der Waals surface area contributed by atoms with Crippen LogP contribution in [0.3, 0.4) is 0 Å². The van der Waals surface area contributed by atoms with Gasteiger partial charge in [0.2, 0.25) is 5.91 Å². The molecule has 100 valence electrons. The van der Waals surface area contributed by atoms with Crippen LogP contribution in [0.1, 0.15) is 34.1 Å². The zero-order chi connectivity index (χ0) is 13.0. The van der Waals surface area contributed by atoms with Gasteiger partial charge in [0.25, 0.3) is 0 Å². The number of methoxy groups -OCH3 is 1. The molecule has 1 N–H and O–H groups in total. The standard InChI is InChI=1S/C13H26N2O2/c1-9(2)8-15(10(3)4)13(16)12-6-11(17-5)7-14-12/h9-12,14H,6-8H2,1-5H3. The largest absolute Gasteiger partial charge is 0.380 e. The number of nitrogens with zero attached hydrogens (tertiary/aromatic N) is 1. The van der Waals surface area contributed by atoms with E-state index in [1.165, 1.54) is 0 Å². The molecule has 0 aromatic carbocycles. The molecular formula is C13H26N2O2. The average molecular weight is 242 g/mol. The van der Waals surface area contributed by atoms with Crippen LogP contribution in [0.4, 0.5) is 0 Å². The van der Waals surface area contributed by atoms with E-state index < -0.39 is 0 Å². The predicted molar refractivity (Wildman–Crippen MR) is 68.9 cm³/mol. The minimum atomic E-state index is -0.0684. The van der Waals surface area contributed by atoms with Crippen LogP contribution < -0.4 is 5.32 Å². The van der Waals surface area contributed by atoms with Crippen molar-refractivity contribution < 1.29 is 9.53 Å². The summed E-state index contributed by atoms with van der Waals surface area (Å²) in [6, 6.07) is 0.189. The normalized spacial score (nSPS) is 24.6. The van der Waals surface area contributed by atoms with Crippen molar-refractivity contribution in [3.05, 3.63) is 0 Å². The van der Waals surface area contributed by atoms with E-state index in [1.54, 1.807) is 7.11 Å². The van der Waals surface area contributed by atoms with Gasteiger partial charge in [-0.15, -0.1) is 0 Å². The van der Waals surface area contributed by atoms with Crippen LogP contribution in [0.15, 0.2) is 0 Å². The Morgan fingerprint density at radius 3 is 2.47 bits per heavy atom. The highest BCUT2D eigenvalue weighted by Gasteiger charge is 2.33. The van der Waals surface area contributed by atoms with Gasteiger partial charge < -0.3 is 15.0 Å². The number of amides is 1. The highest BCUT2D eigenvalue weighted by Crippen LogP contribution is 2.15. The molecule has 1 rings (SSSR count). The first-order valence-electron chi connectivity index (χ1n) is 6.52. The lowest BCUT2D eigenvalue weighted by molar-refractivity contribution is -0.135. The molecule has 0 aromatic heterocycles. The number of carbonyl (C=O) groups excluding carboxylic acids is 1. The highest BCUT2D eigenvalue weighted by atomic mass is 16.5. The van der Waals surface area contributed by atoms with Crippen LogP contribution in [0.25, 0.3) is 0 Å². The lowest BCUT2D eigenvalue weighted by Gasteiger charge is -2.31. The Morgan fingerprint density at radius 2 is 2.06 bits per heavy atom. The second-order valence-corrected chi connectivity index (χ2v) is 5.53. The van der Waals surface area contributed by atoms with E-state index in [2.05, 4.69) is 33.0 Å². The fourth-order valence-corrected chi connectivity index (χ4v) is 2.22. The molecule has 1 aliphatic rings. The van der Waals surface area contributed by atoms with Gasteiger partial charge in [-0.2, -0.15) is 0 Å². The molecule has 0 bridgehead atoms. The van der Waals surface area contributed by atoms with Crippen LogP contribution in [0.5, 0.6) is 0 Å². The smallest absolute Gasteiger partial charge is 0.240 e. The summed E-state index contributed by atoms with van der Waals surface area (Å²) < 4.78 is 5.28. The van der Waals surface area contributed by atoms with Crippen LogP contribution in [0.2, 0.25) is 0 Å². The van der Waals surface area contributed by atoms with Gasteiger partial charge in [0, 0.05) is 26.2 Å². The monoisotopic (exact) mass is 242 g/mol. The first-order valence-corrected chi connectivity index (χ1v) is 6.52. The Hall–Kier alpha value is -0.610. The quantitative estimate of drug-likeness (QED) is 0.789. The molecule has 2 atom stereocenters. The van der Waals surface area contributed by atoms with E-state index in [1.807, 2.05) is 4.90 Å². The third-order valence-corrected chi connectivity index (χ3v) is 3.19. The molecule has 1 heterocycles. The van der Waals surface area contributed by atoms with Crippen LogP contribution in [-0.2, 0) is 9.53 Å². The molecule has 0 radical (unpaired) electrons. The average Bonchev–Trinajstić information content (AvgIpc) is 2.72. The molecule has 0 saturated carbocycles. The molecule has 1 fully saturated rings. The van der Waals surface area contributed by atoms with E-state index in [0.29, 0.717) is 5.92 Å². The number of hydrogen-bond acceptors (Lipinski definition) is 3. The molecule has 4 heteroatoms. The van der Waals surface area contributed by atoms with Crippen molar-refractivity contribution in [1.29, 1.82) is 0 Å². The van der Waals surface area contributed by atoms with Crippen molar-refractivity contribution in [3.8, 4) is 0 Å². The molecule has 0 aromatic rings. The first-order chi connectivity index (χ1) is 7.95. The number of hydrogen-bond donors (Lipinski definition) is 1. The second kappa shape index (κ2) is 6.36. The topological polar surface area (TPSA) is 41.6 Å². The molecule has 1 amide bonds. The molecule has 0 spiro atoms. The molecule has 0 aliphatic carbocycles. The van der Waals surface area contributed by atoms with Crippen LogP contribution in [-0.4, -0.2) is 49.2 Å². The van der Waals surface area contributed by atoms with Crippen molar-refractivity contribution in [1.82, 2.24) is 10.2 Å². The Bertz CT molecular complexity index is 254. The molecule has 4 nitrogen and oxygen atoms in total. The van der Waals surface area contributed by atoms with Gasteiger partial charge in [-0.3, -0.25) is 4.79 Å². The van der Waals surface area contributed by atoms with Gasteiger partial charge >= 0.3 is 0 Å². The Balaban J connectivity index is 2.59. The fraction of sp³-hybridized carbons (Fsp3) is 0.923. The maximum absolute atomic E-state index is 12.4. The Morgan fingerprint density at radius 1 is 1.41 bits per heavy atom. The van der Waals surface area contributed by atoms with E-state index in [9.17, 15) is 4.79 Å². The van der Waals surface area contributed by atoms with Gasteiger partial charge in [-0.25, -0.2) is 0 Å². The molecule has 1 saturated heterocycles. The SMILES string of the molecule is COC1CNC(C(=O)N(CC(C)C)C(C)C)C1. The van der Waals surface area contributed by atoms with E-state index in [4.69, 9.17) is 4.74 Å². The maximum atomic E-state index is 12.4. The van der Waals surface area contributed by atoms with Gasteiger partial charge in [0.05, 0.1) is 12.1 Å². The lowest BCUT2D eigenvalue weighted by atomic mass is 10.1. The minimum absolute atomic E-state index is 0.0684. The van der Waals surface area contributed by atoms with E-state index in [0.717, 1.165) is 19.5 Å². The van der Waals surface area contributed by atoms with Crippen LogP contribution in [0, 0.1) is 5.92 Å². The van der Waals surface area contributed by atoms with Crippen molar-refractivity contribution in [2.75, 3.05) is 20.2 Å². The summed E-state index contributed by atoms with van der Waals surface area (Å²) in [5, 5.41) is 3.25. The van der Waals surface area contributed by atoms with Crippen LogP contribution >= 0.6 is 0 Å². The second-order valence-electron chi connectivity index (χ2n) is 5.53. The summed E-state index contributed by atoms with van der Waals surface area (Å²) in [6.45, 7) is 10.0. The molecule has 2 unspecified atom stereocenters. The summed E-state index contributed by atoms with van der Waals surface area (Å²) in [6.07, 6.45) is 0.966. The Labute approximate surface area is 105 Å². The molecule has 17 heavy (non-hydrogen) atoms. The summed E-state index contributed by atoms with van der Waals surface area (Å²) in [5.74, 6) is 0.717. The van der Waals surface area contributed by atoms with E-state index >= 15 is 0 Å². The summed E-state index contributed by atoms with van der Waals surface area (Å²) in [5.41, 5.74) is 0. The number of nitrogens with one attached hydrogen (secondary N) is 1. The van der Waals surface area contributed by atoms with E-state index in [-0.39, 0.29) is 24.1 Å². The van der Waals surface area contributed by atoms with Crippen molar-refractivity contribution in [3.63, 3.8) is 0 Å². The van der Waals surface area contributed by atoms with Crippen molar-refractivity contribution in [2.45, 2.75) is 52.3 Å². The van der Waals surface area contributed by atoms with Crippen molar-refractivity contribution in [2.24, 2.45) is 5.92 Å². The van der Waals surface area contributed by atoms with Gasteiger partial charge in [0.15, 0.2) is 0 Å². The number of carbonyl (C=O) groups is 1. The van der Waals surface area contributed by atoms with Crippen molar-refractivity contribution >= 4 is 5.91 Å². The Kier molecular flexibility index (Phi) is 5.40. The fourth-order valence-electron chi connectivity index (χ4n) is 2.22. The maximum Gasteiger partial charge on any atom is 0.240 e. The molecule has 1 aliphatic heterocycles. The molecular weight excluding hydrogens is 216 g/mol. The third kappa shape index (κ3) is 3.96. The predicted octanol–water partition coefficient (Wildman–Crippen LogP) is 1.26. The lowest BCUT2D eigenvalue weighted by Crippen LogP contribution is -2.48. The number of rotatable bonds is 5. The number of ether oxygens (including phenoxy) is 1. The first kappa shape index (κ1) is 14.5. The van der Waals surface area contributed by atoms with Gasteiger partial charge in [0.1, 0.15) is 0 Å². The summed E-state index contributed by atoms with van der Waals surface area (Å²) >= 11 is 0. The van der Waals surface area contributed by atoms with Gasteiger partial charge in [-0.05, 0) is 26.2 Å². The summed E-state index contributed by atoms with van der Waals surface area (Å²) in [7, 11) is 1.70. The zero-order valence-corrected chi connectivity index (χ0v) is 11.7. The summed E-state index contributed by atoms with van der Waals surface area (Å²) in [4.78, 5) is 14.4. The highest BCUT2D eigenvalue weighted by molar-refractivity contribution is 5.82. The van der Waals surface area contributed by atoms with Gasteiger partial charge in [-0.1, -0.05) is 13.8 Å². The third-order valence-electron chi connectivity index (χ3n) is 3.19. The minimum Gasteiger partial charge on any atom is -0.380 e. The zero-order valence-electron chi connectivity index (χ0n) is 11.7.